The van der Waals surface area contributed by atoms with Crippen LogP contribution in [-0.2, 0) is 27.7 Å². The van der Waals surface area contributed by atoms with Gasteiger partial charge >= 0.3 is 0 Å². The van der Waals surface area contributed by atoms with Gasteiger partial charge in [-0.1, -0.05) is 24.4 Å². The average molecular weight is 537 g/mol. The summed E-state index contributed by atoms with van der Waals surface area (Å²) in [6.45, 7) is 3.34. The number of nitrogens with one attached hydrogen (secondary N) is 3. The first-order chi connectivity index (χ1) is 17.2. The maximum atomic E-state index is 12.5. The minimum Gasteiger partial charge on any atom is -0.495 e. The van der Waals surface area contributed by atoms with Gasteiger partial charge in [-0.3, -0.25) is 4.79 Å². The first-order valence-corrected chi connectivity index (χ1v) is 14.4. The predicted molar refractivity (Wildman–Crippen MR) is 141 cm³/mol. The summed E-state index contributed by atoms with van der Waals surface area (Å²) in [6.07, 6.45) is 7.24. The lowest BCUT2D eigenvalue weighted by Gasteiger charge is -2.32. The number of nitrogens with zero attached hydrogens (tertiary/aromatic N) is 3. The highest BCUT2D eigenvalue weighted by Gasteiger charge is 2.28. The summed E-state index contributed by atoms with van der Waals surface area (Å²) in [6, 6.07) is 3.49. The highest BCUT2D eigenvalue weighted by atomic mass is 35.5. The molecule has 0 saturated heterocycles. The Morgan fingerprint density at radius 1 is 1.19 bits per heavy atom. The molecular weight excluding hydrogens is 504 g/mol. The van der Waals surface area contributed by atoms with Crippen LogP contribution in [0.4, 0.5) is 17.5 Å². The van der Waals surface area contributed by atoms with Crippen molar-refractivity contribution < 1.29 is 17.9 Å². The molecule has 10 nitrogen and oxygen atoms in total. The van der Waals surface area contributed by atoms with Crippen LogP contribution in [0.3, 0.4) is 0 Å². The van der Waals surface area contributed by atoms with Crippen molar-refractivity contribution in [3.05, 3.63) is 34.5 Å². The number of carbonyl (C=O) groups excluding carboxylic acids is 1. The van der Waals surface area contributed by atoms with E-state index in [9.17, 15) is 13.2 Å². The van der Waals surface area contributed by atoms with Gasteiger partial charge in [-0.05, 0) is 49.4 Å². The van der Waals surface area contributed by atoms with E-state index in [1.807, 2.05) is 24.0 Å². The lowest BCUT2D eigenvalue weighted by molar-refractivity contribution is -0.130. The summed E-state index contributed by atoms with van der Waals surface area (Å²) < 4.78 is 32.0. The van der Waals surface area contributed by atoms with E-state index in [-0.39, 0.29) is 18.0 Å². The van der Waals surface area contributed by atoms with E-state index in [0.717, 1.165) is 43.2 Å². The molecule has 0 radical (unpaired) electrons. The minimum absolute atomic E-state index is 0.113. The Bertz CT molecular complexity index is 1230. The van der Waals surface area contributed by atoms with Crippen LogP contribution >= 0.6 is 11.6 Å². The Labute approximate surface area is 217 Å². The number of methoxy groups -OCH3 is 1. The second kappa shape index (κ2) is 11.2. The van der Waals surface area contributed by atoms with Gasteiger partial charge in [0.25, 0.3) is 0 Å². The lowest BCUT2D eigenvalue weighted by Crippen LogP contribution is -2.48. The van der Waals surface area contributed by atoms with Crippen molar-refractivity contribution >= 4 is 45.0 Å². The van der Waals surface area contributed by atoms with E-state index in [0.29, 0.717) is 47.7 Å². The number of carbonyl (C=O) groups is 1. The second-order valence-corrected chi connectivity index (χ2v) is 11.5. The molecule has 1 fully saturated rings. The van der Waals surface area contributed by atoms with Crippen LogP contribution in [0, 0.1) is 0 Å². The van der Waals surface area contributed by atoms with E-state index in [1.54, 1.807) is 7.11 Å². The third kappa shape index (κ3) is 6.37. The van der Waals surface area contributed by atoms with Gasteiger partial charge in [0.1, 0.15) is 10.8 Å². The van der Waals surface area contributed by atoms with Gasteiger partial charge in [-0.2, -0.15) is 4.98 Å². The molecule has 2 aliphatic rings. The topological polar surface area (TPSA) is 126 Å². The molecule has 1 aromatic heterocycles. The molecule has 1 saturated carbocycles. The SMILES string of the molecule is CCN1CCc2cc(Nc3ncc(Cl)c(N[C@@H]4CCCC[C@H]4NS(C)(=O)=O)n3)c(OC)cc2CC1=O. The van der Waals surface area contributed by atoms with Crippen LogP contribution in [-0.4, -0.2) is 67.7 Å². The zero-order valence-corrected chi connectivity index (χ0v) is 22.4. The summed E-state index contributed by atoms with van der Waals surface area (Å²) >= 11 is 6.40. The fourth-order valence-electron chi connectivity index (χ4n) is 4.86. The van der Waals surface area contributed by atoms with E-state index in [2.05, 4.69) is 25.3 Å². The molecule has 196 valence electrons. The van der Waals surface area contributed by atoms with Gasteiger partial charge in [0, 0.05) is 25.2 Å². The van der Waals surface area contributed by atoms with Gasteiger partial charge < -0.3 is 20.3 Å². The molecule has 2 aromatic rings. The van der Waals surface area contributed by atoms with Crippen molar-refractivity contribution in [3.8, 4) is 5.75 Å². The molecule has 2 heterocycles. The number of hydrogen-bond donors (Lipinski definition) is 3. The zero-order chi connectivity index (χ0) is 25.9. The number of benzene rings is 1. The average Bonchev–Trinajstić information content (AvgIpc) is 2.98. The van der Waals surface area contributed by atoms with Crippen molar-refractivity contribution in [2.45, 2.75) is 57.5 Å². The van der Waals surface area contributed by atoms with Gasteiger partial charge in [-0.25, -0.2) is 18.1 Å². The molecule has 0 spiro atoms. The van der Waals surface area contributed by atoms with Crippen molar-refractivity contribution in [3.63, 3.8) is 0 Å². The van der Waals surface area contributed by atoms with Gasteiger partial charge in [-0.15, -0.1) is 0 Å². The molecule has 4 rings (SSSR count). The molecule has 12 heteroatoms. The Kier molecular flexibility index (Phi) is 8.21. The highest BCUT2D eigenvalue weighted by Crippen LogP contribution is 2.33. The molecule has 3 N–H and O–H groups in total. The van der Waals surface area contributed by atoms with Crippen LogP contribution in [0.15, 0.2) is 18.3 Å². The number of sulfonamides is 1. The summed E-state index contributed by atoms with van der Waals surface area (Å²) in [5.41, 5.74) is 2.72. The smallest absolute Gasteiger partial charge is 0.229 e. The number of ether oxygens (including phenoxy) is 1. The number of hydrogen-bond acceptors (Lipinski definition) is 8. The number of fused-ring (bicyclic) bond motifs is 1. The normalized spacial score (nSPS) is 20.4. The molecule has 1 aliphatic carbocycles. The van der Waals surface area contributed by atoms with Gasteiger partial charge in [0.15, 0.2) is 5.82 Å². The van der Waals surface area contributed by atoms with Crippen LogP contribution in [0.5, 0.6) is 5.75 Å². The third-order valence-electron chi connectivity index (χ3n) is 6.69. The van der Waals surface area contributed by atoms with Gasteiger partial charge in [0.05, 0.1) is 31.7 Å². The van der Waals surface area contributed by atoms with Crippen molar-refractivity contribution in [1.29, 1.82) is 0 Å². The van der Waals surface area contributed by atoms with E-state index in [4.69, 9.17) is 16.3 Å². The van der Waals surface area contributed by atoms with Gasteiger partial charge in [0.2, 0.25) is 21.9 Å². The molecule has 0 bridgehead atoms. The van der Waals surface area contributed by atoms with Crippen molar-refractivity contribution in [2.24, 2.45) is 0 Å². The summed E-state index contributed by atoms with van der Waals surface area (Å²) in [5, 5.41) is 6.90. The maximum absolute atomic E-state index is 12.5. The largest absolute Gasteiger partial charge is 0.495 e. The number of amides is 1. The quantitative estimate of drug-likeness (QED) is 0.470. The second-order valence-electron chi connectivity index (χ2n) is 9.27. The third-order valence-corrected chi connectivity index (χ3v) is 7.70. The molecule has 1 aromatic carbocycles. The standard InChI is InChI=1S/C24H33ClN6O4S/c1-4-31-10-9-15-11-20(21(35-2)12-16(15)13-22(31)32)28-24-26-14-17(25)23(29-24)27-18-7-5-6-8-19(18)30-36(3,33)34/h11-12,14,18-19,30H,4-10,13H2,1-3H3,(H2,26,27,28,29)/t18-,19-/m1/s1. The van der Waals surface area contributed by atoms with Crippen LogP contribution in [0.1, 0.15) is 43.7 Å². The fraction of sp³-hybridized carbons (Fsp3) is 0.542. The first-order valence-electron chi connectivity index (χ1n) is 12.2. The number of rotatable bonds is 8. The Morgan fingerprint density at radius 3 is 2.64 bits per heavy atom. The summed E-state index contributed by atoms with van der Waals surface area (Å²) in [4.78, 5) is 23.3. The number of halogens is 1. The van der Waals surface area contributed by atoms with Crippen molar-refractivity contribution in [2.75, 3.05) is 37.1 Å². The fourth-order valence-corrected chi connectivity index (χ4v) is 5.84. The summed E-state index contributed by atoms with van der Waals surface area (Å²) in [5.74, 6) is 1.45. The molecular formula is C24H33ClN6O4S. The van der Waals surface area contributed by atoms with Crippen LogP contribution in [0.2, 0.25) is 5.02 Å². The number of likely N-dealkylation sites (N-methyl/N-ethyl adjacent to an activating group) is 1. The van der Waals surface area contributed by atoms with E-state index in [1.165, 1.54) is 12.5 Å². The zero-order valence-electron chi connectivity index (χ0n) is 20.8. The maximum Gasteiger partial charge on any atom is 0.229 e. The molecule has 0 unspecified atom stereocenters. The molecule has 1 aliphatic heterocycles. The number of anilines is 3. The lowest BCUT2D eigenvalue weighted by atomic mass is 9.91. The Morgan fingerprint density at radius 2 is 1.94 bits per heavy atom. The number of aromatic nitrogens is 2. The van der Waals surface area contributed by atoms with E-state index < -0.39 is 10.0 Å². The Balaban J connectivity index is 1.56. The molecule has 36 heavy (non-hydrogen) atoms. The van der Waals surface area contributed by atoms with Crippen LogP contribution < -0.4 is 20.1 Å². The molecule has 1 amide bonds. The van der Waals surface area contributed by atoms with Crippen LogP contribution in [0.25, 0.3) is 0 Å². The monoisotopic (exact) mass is 536 g/mol. The Hall–Kier alpha value is -2.63. The molecule has 2 atom stereocenters. The first kappa shape index (κ1) is 26.4. The van der Waals surface area contributed by atoms with Crippen molar-refractivity contribution in [1.82, 2.24) is 19.6 Å². The summed E-state index contributed by atoms with van der Waals surface area (Å²) in [7, 11) is -1.76. The highest BCUT2D eigenvalue weighted by molar-refractivity contribution is 7.88. The predicted octanol–water partition coefficient (Wildman–Crippen LogP) is 3.10. The minimum atomic E-state index is -3.34. The van der Waals surface area contributed by atoms with E-state index >= 15 is 0 Å².